The molecule has 4 nitrogen and oxygen atoms in total. The molecule has 1 heterocycles. The minimum absolute atomic E-state index is 0.0294. The molecule has 0 saturated carbocycles. The first-order chi connectivity index (χ1) is 7.35. The van der Waals surface area contributed by atoms with Gasteiger partial charge in [-0.2, -0.15) is 0 Å². The second kappa shape index (κ2) is 5.15. The van der Waals surface area contributed by atoms with Gasteiger partial charge >= 0.3 is 0 Å². The number of aliphatic hydroxyl groups excluding tert-OH is 1. The van der Waals surface area contributed by atoms with E-state index in [1.54, 1.807) is 0 Å². The lowest BCUT2D eigenvalue weighted by Crippen LogP contribution is -2.46. The molecule has 4 heteroatoms. The summed E-state index contributed by atoms with van der Waals surface area (Å²) in [6.07, 6.45) is 0. The fourth-order valence-corrected chi connectivity index (χ4v) is 2.10. The van der Waals surface area contributed by atoms with E-state index >= 15 is 0 Å². The van der Waals surface area contributed by atoms with E-state index in [0.29, 0.717) is 5.92 Å². The van der Waals surface area contributed by atoms with Crippen molar-refractivity contribution in [3.8, 4) is 0 Å². The first-order valence-electron chi connectivity index (χ1n) is 5.99. The van der Waals surface area contributed by atoms with Crippen molar-refractivity contribution in [3.63, 3.8) is 0 Å². The molecule has 1 aliphatic rings. The Bertz CT molecular complexity index is 251. The van der Waals surface area contributed by atoms with Gasteiger partial charge < -0.3 is 15.3 Å². The van der Waals surface area contributed by atoms with Crippen molar-refractivity contribution in [2.24, 2.45) is 11.3 Å². The molecular weight excluding hydrogens is 204 g/mol. The van der Waals surface area contributed by atoms with Crippen LogP contribution in [0.1, 0.15) is 27.7 Å². The largest absolute Gasteiger partial charge is 0.394 e. The molecule has 94 valence electrons. The molecule has 1 atom stereocenters. The molecule has 0 aromatic rings. The maximum Gasteiger partial charge on any atom is 0.242 e. The van der Waals surface area contributed by atoms with Crippen LogP contribution in [-0.2, 0) is 4.79 Å². The summed E-state index contributed by atoms with van der Waals surface area (Å²) in [4.78, 5) is 14.0. The van der Waals surface area contributed by atoms with E-state index in [-0.39, 0.29) is 17.9 Å². The molecule has 1 saturated heterocycles. The third-order valence-electron chi connectivity index (χ3n) is 2.82. The Labute approximate surface area is 98.0 Å². The number of hydrogen-bond donors (Lipinski definition) is 2. The summed E-state index contributed by atoms with van der Waals surface area (Å²) in [7, 11) is 0. The highest BCUT2D eigenvalue weighted by atomic mass is 16.3. The lowest BCUT2D eigenvalue weighted by Gasteiger charge is -2.30. The Balaban J connectivity index is 2.80. The van der Waals surface area contributed by atoms with Gasteiger partial charge in [-0.15, -0.1) is 0 Å². The molecule has 2 N–H and O–H groups in total. The van der Waals surface area contributed by atoms with Gasteiger partial charge in [0.1, 0.15) is 6.04 Å². The van der Waals surface area contributed by atoms with Crippen LogP contribution in [0.25, 0.3) is 0 Å². The molecule has 0 aliphatic carbocycles. The van der Waals surface area contributed by atoms with Crippen LogP contribution >= 0.6 is 0 Å². The predicted molar refractivity (Wildman–Crippen MR) is 64.1 cm³/mol. The Morgan fingerprint density at radius 1 is 1.56 bits per heavy atom. The predicted octanol–water partition coefficient (Wildman–Crippen LogP) is 0.461. The van der Waals surface area contributed by atoms with Crippen molar-refractivity contribution in [1.29, 1.82) is 0 Å². The highest BCUT2D eigenvalue weighted by Crippen LogP contribution is 2.20. The fraction of sp³-hybridized carbons (Fsp3) is 0.917. The van der Waals surface area contributed by atoms with Crippen LogP contribution in [0.4, 0.5) is 0 Å². The van der Waals surface area contributed by atoms with Crippen LogP contribution in [0.5, 0.6) is 0 Å². The van der Waals surface area contributed by atoms with Gasteiger partial charge in [-0.3, -0.25) is 4.79 Å². The summed E-state index contributed by atoms with van der Waals surface area (Å²) in [5.41, 5.74) is 0.0640. The van der Waals surface area contributed by atoms with Crippen molar-refractivity contribution in [2.45, 2.75) is 33.7 Å². The highest BCUT2D eigenvalue weighted by Gasteiger charge is 2.33. The van der Waals surface area contributed by atoms with Crippen LogP contribution in [0, 0.1) is 11.3 Å². The molecule has 0 bridgehead atoms. The van der Waals surface area contributed by atoms with Crippen LogP contribution in [0.2, 0.25) is 0 Å². The number of nitrogens with zero attached hydrogens (tertiary/aromatic N) is 1. The minimum Gasteiger partial charge on any atom is -0.394 e. The van der Waals surface area contributed by atoms with Gasteiger partial charge in [-0.1, -0.05) is 27.7 Å². The van der Waals surface area contributed by atoms with Crippen molar-refractivity contribution in [2.75, 3.05) is 26.2 Å². The zero-order chi connectivity index (χ0) is 12.3. The van der Waals surface area contributed by atoms with Crippen molar-refractivity contribution in [1.82, 2.24) is 10.2 Å². The van der Waals surface area contributed by atoms with E-state index in [2.05, 4.69) is 33.0 Å². The van der Waals surface area contributed by atoms with Gasteiger partial charge in [0.2, 0.25) is 5.91 Å². The monoisotopic (exact) mass is 228 g/mol. The van der Waals surface area contributed by atoms with Crippen LogP contribution in [0.15, 0.2) is 0 Å². The van der Waals surface area contributed by atoms with Crippen molar-refractivity contribution >= 4 is 5.91 Å². The zero-order valence-electron chi connectivity index (χ0n) is 10.8. The summed E-state index contributed by atoms with van der Waals surface area (Å²) < 4.78 is 0. The fourth-order valence-electron chi connectivity index (χ4n) is 2.10. The zero-order valence-corrected chi connectivity index (χ0v) is 10.8. The molecule has 0 aromatic heterocycles. The number of carbonyl (C=O) groups excluding carboxylic acids is 1. The third kappa shape index (κ3) is 3.46. The third-order valence-corrected chi connectivity index (χ3v) is 2.82. The molecule has 1 amide bonds. The Hall–Kier alpha value is -0.610. The molecule has 0 spiro atoms. The lowest BCUT2D eigenvalue weighted by atomic mass is 9.93. The van der Waals surface area contributed by atoms with Crippen molar-refractivity contribution in [3.05, 3.63) is 0 Å². The van der Waals surface area contributed by atoms with E-state index < -0.39 is 6.04 Å². The van der Waals surface area contributed by atoms with Gasteiger partial charge in [0.25, 0.3) is 0 Å². The number of aliphatic hydroxyl groups is 1. The maximum atomic E-state index is 12.1. The second-order valence-electron chi connectivity index (χ2n) is 5.89. The molecule has 1 unspecified atom stereocenters. The molecule has 1 rings (SSSR count). The van der Waals surface area contributed by atoms with Gasteiger partial charge in [-0.25, -0.2) is 0 Å². The first kappa shape index (κ1) is 13.5. The van der Waals surface area contributed by atoms with Gasteiger partial charge in [-0.05, 0) is 11.3 Å². The average molecular weight is 228 g/mol. The van der Waals surface area contributed by atoms with Gasteiger partial charge in [0.05, 0.1) is 6.61 Å². The summed E-state index contributed by atoms with van der Waals surface area (Å²) in [5, 5.41) is 12.3. The number of nitrogens with one attached hydrogen (secondary N) is 1. The number of carbonyl (C=O) groups is 1. The minimum atomic E-state index is -0.430. The molecule has 16 heavy (non-hydrogen) atoms. The number of amides is 1. The van der Waals surface area contributed by atoms with Gasteiger partial charge in [0.15, 0.2) is 0 Å². The normalized spacial score (nSPS) is 26.0. The molecule has 1 aliphatic heterocycles. The second-order valence-corrected chi connectivity index (χ2v) is 5.89. The van der Waals surface area contributed by atoms with E-state index in [1.165, 1.54) is 0 Å². The summed E-state index contributed by atoms with van der Waals surface area (Å²) in [6, 6.07) is -0.430. The lowest BCUT2D eigenvalue weighted by molar-refractivity contribution is -0.134. The van der Waals surface area contributed by atoms with Crippen molar-refractivity contribution < 1.29 is 9.90 Å². The number of rotatable bonds is 3. The van der Waals surface area contributed by atoms with E-state index in [4.69, 9.17) is 0 Å². The van der Waals surface area contributed by atoms with E-state index in [1.807, 2.05) is 4.90 Å². The summed E-state index contributed by atoms with van der Waals surface area (Å²) in [6.45, 7) is 10.6. The molecule has 0 radical (unpaired) electrons. The molecule has 1 fully saturated rings. The Morgan fingerprint density at radius 2 is 2.19 bits per heavy atom. The summed E-state index contributed by atoms with van der Waals surface area (Å²) in [5.74, 6) is 0.485. The van der Waals surface area contributed by atoms with Crippen LogP contribution in [0.3, 0.4) is 0 Å². The standard InChI is InChI=1S/C12H24N2O2/c1-9(2)5-14-8-12(3,4)7-13-10(6-15)11(14)16/h9-10,13,15H,5-8H2,1-4H3. The van der Waals surface area contributed by atoms with Crippen LogP contribution < -0.4 is 5.32 Å². The van der Waals surface area contributed by atoms with Crippen LogP contribution in [-0.4, -0.2) is 48.2 Å². The quantitative estimate of drug-likeness (QED) is 0.738. The topological polar surface area (TPSA) is 52.6 Å². The smallest absolute Gasteiger partial charge is 0.242 e. The Kier molecular flexibility index (Phi) is 4.33. The van der Waals surface area contributed by atoms with E-state index in [0.717, 1.165) is 19.6 Å². The highest BCUT2D eigenvalue weighted by molar-refractivity contribution is 5.82. The first-order valence-corrected chi connectivity index (χ1v) is 5.99. The molecule has 0 aromatic carbocycles. The molecular formula is C12H24N2O2. The summed E-state index contributed by atoms with van der Waals surface area (Å²) >= 11 is 0. The Morgan fingerprint density at radius 3 is 2.69 bits per heavy atom. The van der Waals surface area contributed by atoms with Gasteiger partial charge in [0, 0.05) is 19.6 Å². The maximum absolute atomic E-state index is 12.1. The SMILES string of the molecule is CC(C)CN1CC(C)(C)CNC(CO)C1=O. The number of hydrogen-bond acceptors (Lipinski definition) is 3. The van der Waals surface area contributed by atoms with E-state index in [9.17, 15) is 9.90 Å². The average Bonchev–Trinajstić information content (AvgIpc) is 2.24.